The van der Waals surface area contributed by atoms with E-state index in [1.54, 1.807) is 14.2 Å². The van der Waals surface area contributed by atoms with Crippen LogP contribution >= 0.6 is 7.92 Å². The van der Waals surface area contributed by atoms with E-state index < -0.39 is 7.92 Å². The molecule has 292 valence electrons. The van der Waals surface area contributed by atoms with Crippen LogP contribution in [0.15, 0.2) is 54.6 Å². The van der Waals surface area contributed by atoms with Crippen molar-refractivity contribution in [3.8, 4) is 11.5 Å². The summed E-state index contributed by atoms with van der Waals surface area (Å²) in [5.41, 5.74) is 3.75. The molecule has 0 amide bonds. The molecular formula is C40H55O12P. The van der Waals surface area contributed by atoms with Crippen molar-refractivity contribution in [1.82, 2.24) is 0 Å². The van der Waals surface area contributed by atoms with Crippen LogP contribution in [0.2, 0.25) is 0 Å². The second kappa shape index (κ2) is 24.6. The van der Waals surface area contributed by atoms with Crippen LogP contribution in [0.25, 0.3) is 0 Å². The molecule has 4 bridgehead atoms. The van der Waals surface area contributed by atoms with Crippen molar-refractivity contribution >= 4 is 23.8 Å². The van der Waals surface area contributed by atoms with Gasteiger partial charge in [-0.15, -0.1) is 0 Å². The fourth-order valence-corrected chi connectivity index (χ4v) is 8.50. The van der Waals surface area contributed by atoms with Gasteiger partial charge in [-0.05, 0) is 48.1 Å². The van der Waals surface area contributed by atoms with Crippen molar-refractivity contribution in [1.29, 1.82) is 0 Å². The number of hydrogen-bond donors (Lipinski definition) is 0. The molecule has 12 nitrogen and oxygen atoms in total. The van der Waals surface area contributed by atoms with Gasteiger partial charge in [-0.1, -0.05) is 30.3 Å². The fraction of sp³-hybridized carbons (Fsp3) is 0.550. The second-order valence-corrected chi connectivity index (χ2v) is 14.4. The molecule has 0 N–H and O–H groups in total. The molecule has 0 atom stereocenters. The highest BCUT2D eigenvalue weighted by Gasteiger charge is 2.24. The summed E-state index contributed by atoms with van der Waals surface area (Å²) >= 11 is 0. The van der Waals surface area contributed by atoms with Crippen LogP contribution in [0.5, 0.6) is 11.5 Å². The Bertz CT molecular complexity index is 1300. The lowest BCUT2D eigenvalue weighted by Gasteiger charge is -2.25. The van der Waals surface area contributed by atoms with Crippen LogP contribution in [0.4, 0.5) is 0 Å². The molecule has 3 aromatic rings. The predicted molar refractivity (Wildman–Crippen MR) is 202 cm³/mol. The third kappa shape index (κ3) is 13.8. The van der Waals surface area contributed by atoms with E-state index in [1.165, 1.54) is 5.30 Å². The van der Waals surface area contributed by atoms with E-state index in [0.29, 0.717) is 132 Å². The number of ether oxygens (including phenoxy) is 12. The highest BCUT2D eigenvalue weighted by atomic mass is 31.1. The minimum atomic E-state index is -1.09. The van der Waals surface area contributed by atoms with E-state index in [0.717, 1.165) is 44.4 Å². The van der Waals surface area contributed by atoms with Gasteiger partial charge < -0.3 is 56.8 Å². The van der Waals surface area contributed by atoms with Crippen molar-refractivity contribution in [3.05, 3.63) is 76.9 Å². The summed E-state index contributed by atoms with van der Waals surface area (Å²) in [4.78, 5) is 0. The molecule has 0 saturated carbocycles. The van der Waals surface area contributed by atoms with E-state index in [2.05, 4.69) is 48.5 Å². The van der Waals surface area contributed by atoms with Crippen molar-refractivity contribution in [2.45, 2.75) is 26.4 Å². The normalized spacial score (nSPS) is 18.9. The van der Waals surface area contributed by atoms with Gasteiger partial charge in [-0.2, -0.15) is 0 Å². The van der Waals surface area contributed by atoms with E-state index in [4.69, 9.17) is 56.8 Å². The van der Waals surface area contributed by atoms with Gasteiger partial charge in [0, 0.05) is 22.3 Å². The van der Waals surface area contributed by atoms with Crippen molar-refractivity contribution in [2.75, 3.05) is 120 Å². The van der Waals surface area contributed by atoms with Crippen molar-refractivity contribution in [3.63, 3.8) is 0 Å². The maximum Gasteiger partial charge on any atom is 0.129 e. The van der Waals surface area contributed by atoms with Crippen LogP contribution < -0.4 is 25.4 Å². The average molecular weight is 759 g/mol. The molecule has 0 unspecified atom stereocenters. The molecule has 2 aliphatic heterocycles. The molecule has 13 heteroatoms. The maximum absolute atomic E-state index is 6.15. The molecule has 0 saturated heterocycles. The predicted octanol–water partition coefficient (Wildman–Crippen LogP) is 3.66. The highest BCUT2D eigenvalue weighted by Crippen LogP contribution is 2.39. The third-order valence-corrected chi connectivity index (χ3v) is 10.8. The number of rotatable bonds is 5. The quantitative estimate of drug-likeness (QED) is 0.355. The monoisotopic (exact) mass is 758 g/mol. The molecule has 53 heavy (non-hydrogen) atoms. The van der Waals surface area contributed by atoms with Gasteiger partial charge in [-0.3, -0.25) is 0 Å². The Morgan fingerprint density at radius 1 is 0.358 bits per heavy atom. The summed E-state index contributed by atoms with van der Waals surface area (Å²) in [7, 11) is 2.29. The average Bonchev–Trinajstić information content (AvgIpc) is 3.17. The zero-order valence-electron chi connectivity index (χ0n) is 31.2. The van der Waals surface area contributed by atoms with Gasteiger partial charge >= 0.3 is 0 Å². The molecular weight excluding hydrogens is 703 g/mol. The zero-order valence-corrected chi connectivity index (χ0v) is 32.1. The Morgan fingerprint density at radius 3 is 0.887 bits per heavy atom. The molecule has 0 spiro atoms. The minimum Gasteiger partial charge on any atom is -0.496 e. The number of hydrogen-bond acceptors (Lipinski definition) is 12. The second-order valence-electron chi connectivity index (χ2n) is 12.2. The van der Waals surface area contributed by atoms with E-state index in [-0.39, 0.29) is 0 Å². The first-order valence-electron chi connectivity index (χ1n) is 18.3. The topological polar surface area (TPSA) is 111 Å². The Morgan fingerprint density at radius 2 is 0.623 bits per heavy atom. The Balaban J connectivity index is 1.53. The largest absolute Gasteiger partial charge is 0.496 e. The van der Waals surface area contributed by atoms with Gasteiger partial charge in [0.1, 0.15) is 11.5 Å². The first kappa shape index (κ1) is 41.5. The van der Waals surface area contributed by atoms with Gasteiger partial charge in [0.15, 0.2) is 0 Å². The first-order valence-corrected chi connectivity index (χ1v) is 19.6. The maximum atomic E-state index is 6.15. The SMILES string of the molecule is COc1c2cc(P(c3ccccc3)c3cc4c(OC)c(c3)COCCOCCOCCOCCOC4)cc1COCCOCCOCCOCCOC2. The molecule has 0 fully saturated rings. The lowest BCUT2D eigenvalue weighted by molar-refractivity contribution is -0.0147. The van der Waals surface area contributed by atoms with E-state index >= 15 is 0 Å². The van der Waals surface area contributed by atoms with Gasteiger partial charge in [0.05, 0.1) is 146 Å². The van der Waals surface area contributed by atoms with Crippen molar-refractivity contribution < 1.29 is 56.8 Å². The van der Waals surface area contributed by atoms with Crippen LogP contribution in [0.3, 0.4) is 0 Å². The van der Waals surface area contributed by atoms with Gasteiger partial charge in [0.25, 0.3) is 0 Å². The smallest absolute Gasteiger partial charge is 0.129 e. The zero-order chi connectivity index (χ0) is 36.8. The van der Waals surface area contributed by atoms with E-state index in [1.807, 2.05) is 6.07 Å². The molecule has 2 heterocycles. The number of methoxy groups -OCH3 is 2. The van der Waals surface area contributed by atoms with E-state index in [9.17, 15) is 0 Å². The molecule has 2 aliphatic rings. The summed E-state index contributed by atoms with van der Waals surface area (Å²) in [6.45, 7) is 9.00. The summed E-state index contributed by atoms with van der Waals surface area (Å²) in [6.07, 6.45) is 0. The Hall–Kier alpha value is -2.71. The summed E-state index contributed by atoms with van der Waals surface area (Å²) in [5, 5.41) is 3.45. The standard InChI is InChI=1S/C40H55O12P/c1-41-39-32-24-37(25-33(39)29-50-21-17-46-13-9-43-8-12-45-16-20-49-28-32)53(36-6-4-3-5-7-36)38-26-34-30-51-22-18-47-14-10-44-11-15-48-19-23-52-31-35(27-38)40(34)42-2/h3-7,24-27H,8-23,28-31H2,1-2H3. The lowest BCUT2D eigenvalue weighted by atomic mass is 10.1. The molecule has 3 aromatic carbocycles. The van der Waals surface area contributed by atoms with Crippen molar-refractivity contribution in [2.24, 2.45) is 0 Å². The summed E-state index contributed by atoms with van der Waals surface area (Å²) < 4.78 is 70.7. The molecule has 0 aromatic heterocycles. The van der Waals surface area contributed by atoms with Crippen LogP contribution in [-0.4, -0.2) is 120 Å². The van der Waals surface area contributed by atoms with Crippen LogP contribution in [0, 0.1) is 0 Å². The Kier molecular flexibility index (Phi) is 19.3. The summed E-state index contributed by atoms with van der Waals surface area (Å²) in [5.74, 6) is 1.50. The molecule has 5 rings (SSSR count). The number of benzene rings is 3. The lowest BCUT2D eigenvalue weighted by Crippen LogP contribution is -2.24. The first-order chi connectivity index (χ1) is 26.3. The number of fused-ring (bicyclic) bond motifs is 4. The van der Waals surface area contributed by atoms with Crippen LogP contribution in [-0.2, 0) is 73.8 Å². The third-order valence-electron chi connectivity index (χ3n) is 8.40. The van der Waals surface area contributed by atoms with Gasteiger partial charge in [0.2, 0.25) is 0 Å². The minimum absolute atomic E-state index is 0.349. The molecule has 0 radical (unpaired) electrons. The molecule has 0 aliphatic carbocycles. The van der Waals surface area contributed by atoms with Crippen LogP contribution in [0.1, 0.15) is 22.3 Å². The fourth-order valence-electron chi connectivity index (χ4n) is 5.99. The highest BCUT2D eigenvalue weighted by molar-refractivity contribution is 7.79. The summed E-state index contributed by atoms with van der Waals surface area (Å²) in [6, 6.07) is 19.4. The van der Waals surface area contributed by atoms with Gasteiger partial charge in [-0.25, -0.2) is 0 Å². The Labute approximate surface area is 314 Å².